The van der Waals surface area contributed by atoms with Gasteiger partial charge >= 0.3 is 6.09 Å². The number of nitrogens with zero attached hydrogens (tertiary/aromatic N) is 1. The van der Waals surface area contributed by atoms with E-state index in [1.54, 1.807) is 6.07 Å². The number of halogens is 1. The van der Waals surface area contributed by atoms with Crippen molar-refractivity contribution in [1.82, 2.24) is 0 Å². The van der Waals surface area contributed by atoms with Crippen molar-refractivity contribution in [1.29, 1.82) is 0 Å². The summed E-state index contributed by atoms with van der Waals surface area (Å²) in [5.41, 5.74) is -0.0680. The number of rotatable bonds is 5. The van der Waals surface area contributed by atoms with Gasteiger partial charge in [0, 0.05) is 10.5 Å². The molecule has 1 amide bonds. The predicted molar refractivity (Wildman–Crippen MR) is 70.7 cm³/mol. The quantitative estimate of drug-likeness (QED) is 0.510. The third kappa shape index (κ3) is 4.33. The standard InChI is InChI=1S/C11H13BrN2O4/c1-2-3-6-18-11(15)13-9-5-4-8(12)7-10(9)14(16)17/h4-5,7H,2-3,6H2,1H3,(H,13,15). The molecule has 1 aromatic carbocycles. The van der Waals surface area contributed by atoms with E-state index >= 15 is 0 Å². The summed E-state index contributed by atoms with van der Waals surface area (Å²) in [6.07, 6.45) is 0.982. The fraction of sp³-hybridized carbons (Fsp3) is 0.364. The number of nitro benzene ring substituents is 1. The molecule has 0 unspecified atom stereocenters. The molecule has 0 bridgehead atoms. The molecule has 7 heteroatoms. The van der Waals surface area contributed by atoms with Crippen molar-refractivity contribution >= 4 is 33.4 Å². The second-order valence-electron chi connectivity index (χ2n) is 3.53. The van der Waals surface area contributed by atoms with Gasteiger partial charge in [-0.25, -0.2) is 4.79 Å². The van der Waals surface area contributed by atoms with Gasteiger partial charge in [-0.1, -0.05) is 29.3 Å². The Balaban J connectivity index is 2.72. The molecular formula is C11H13BrN2O4. The molecule has 1 N–H and O–H groups in total. The van der Waals surface area contributed by atoms with E-state index in [0.29, 0.717) is 11.1 Å². The lowest BCUT2D eigenvalue weighted by Gasteiger charge is -2.07. The lowest BCUT2D eigenvalue weighted by molar-refractivity contribution is -0.384. The Labute approximate surface area is 113 Å². The van der Waals surface area contributed by atoms with Gasteiger partial charge in [-0.3, -0.25) is 15.4 Å². The molecule has 0 radical (unpaired) electrons. The van der Waals surface area contributed by atoms with Crippen LogP contribution in [0.2, 0.25) is 0 Å². The van der Waals surface area contributed by atoms with Gasteiger partial charge in [-0.15, -0.1) is 0 Å². The summed E-state index contributed by atoms with van der Waals surface area (Å²) >= 11 is 3.13. The first-order chi connectivity index (χ1) is 8.54. The summed E-state index contributed by atoms with van der Waals surface area (Å²) in [5, 5.41) is 13.2. The highest BCUT2D eigenvalue weighted by atomic mass is 79.9. The number of amides is 1. The van der Waals surface area contributed by atoms with E-state index in [2.05, 4.69) is 21.2 Å². The van der Waals surface area contributed by atoms with E-state index in [-0.39, 0.29) is 11.4 Å². The van der Waals surface area contributed by atoms with Crippen molar-refractivity contribution in [3.63, 3.8) is 0 Å². The average Bonchev–Trinajstić information content (AvgIpc) is 2.31. The lowest BCUT2D eigenvalue weighted by Crippen LogP contribution is -2.15. The van der Waals surface area contributed by atoms with Gasteiger partial charge in [0.05, 0.1) is 11.5 Å². The maximum Gasteiger partial charge on any atom is 0.411 e. The number of carbonyl (C=O) groups excluding carboxylic acids is 1. The molecule has 0 aliphatic heterocycles. The number of hydrogen-bond acceptors (Lipinski definition) is 4. The fourth-order valence-corrected chi connectivity index (χ4v) is 1.57. The Kier molecular flexibility index (Phi) is 5.57. The van der Waals surface area contributed by atoms with Crippen molar-refractivity contribution in [3.8, 4) is 0 Å². The van der Waals surface area contributed by atoms with Crippen LogP contribution in [0, 0.1) is 10.1 Å². The molecule has 1 rings (SSSR count). The first-order valence-electron chi connectivity index (χ1n) is 5.42. The number of benzene rings is 1. The Morgan fingerprint density at radius 3 is 2.89 bits per heavy atom. The van der Waals surface area contributed by atoms with E-state index in [1.807, 2.05) is 6.92 Å². The second kappa shape index (κ2) is 6.95. The third-order valence-electron chi connectivity index (χ3n) is 2.12. The molecular weight excluding hydrogens is 304 g/mol. The molecule has 0 aromatic heterocycles. The van der Waals surface area contributed by atoms with Crippen molar-refractivity contribution in [2.24, 2.45) is 0 Å². The lowest BCUT2D eigenvalue weighted by atomic mass is 10.3. The molecule has 0 aliphatic carbocycles. The molecule has 6 nitrogen and oxygen atoms in total. The van der Waals surface area contributed by atoms with E-state index in [9.17, 15) is 14.9 Å². The number of carbonyl (C=O) groups is 1. The fourth-order valence-electron chi connectivity index (χ4n) is 1.22. The Bertz CT molecular complexity index is 451. The maximum absolute atomic E-state index is 11.4. The Hall–Kier alpha value is -1.63. The van der Waals surface area contributed by atoms with Crippen LogP contribution in [0.25, 0.3) is 0 Å². The van der Waals surface area contributed by atoms with Crippen LogP contribution in [-0.4, -0.2) is 17.6 Å². The highest BCUT2D eigenvalue weighted by Gasteiger charge is 2.16. The second-order valence-corrected chi connectivity index (χ2v) is 4.45. The number of nitrogens with one attached hydrogen (secondary N) is 1. The monoisotopic (exact) mass is 316 g/mol. The summed E-state index contributed by atoms with van der Waals surface area (Å²) in [5.74, 6) is 0. The highest BCUT2D eigenvalue weighted by molar-refractivity contribution is 9.10. The van der Waals surface area contributed by atoms with Crippen molar-refractivity contribution < 1.29 is 14.5 Å². The SMILES string of the molecule is CCCCOC(=O)Nc1ccc(Br)cc1[N+](=O)[O-]. The minimum Gasteiger partial charge on any atom is -0.449 e. The maximum atomic E-state index is 11.4. The first-order valence-corrected chi connectivity index (χ1v) is 6.21. The van der Waals surface area contributed by atoms with Crippen LogP contribution < -0.4 is 5.32 Å². The normalized spacial score (nSPS) is 9.89. The molecule has 0 spiro atoms. The molecule has 1 aromatic rings. The van der Waals surface area contributed by atoms with Gasteiger partial charge in [-0.2, -0.15) is 0 Å². The number of ether oxygens (including phenoxy) is 1. The number of anilines is 1. The van der Waals surface area contributed by atoms with Gasteiger partial charge in [0.2, 0.25) is 0 Å². The predicted octanol–water partition coefficient (Wildman–Crippen LogP) is 3.71. The first kappa shape index (κ1) is 14.4. The zero-order valence-electron chi connectivity index (χ0n) is 9.81. The van der Waals surface area contributed by atoms with Crippen LogP contribution in [0.3, 0.4) is 0 Å². The van der Waals surface area contributed by atoms with Crippen molar-refractivity contribution in [3.05, 3.63) is 32.8 Å². The third-order valence-corrected chi connectivity index (χ3v) is 2.62. The minimum absolute atomic E-state index is 0.115. The molecule has 0 saturated heterocycles. The Morgan fingerprint density at radius 2 is 2.28 bits per heavy atom. The average molecular weight is 317 g/mol. The molecule has 0 saturated carbocycles. The van der Waals surface area contributed by atoms with E-state index in [4.69, 9.17) is 4.74 Å². The smallest absolute Gasteiger partial charge is 0.411 e. The molecule has 0 aliphatic rings. The number of hydrogen-bond donors (Lipinski definition) is 1. The van der Waals surface area contributed by atoms with Gasteiger partial charge in [0.1, 0.15) is 5.69 Å². The molecule has 0 atom stereocenters. The Morgan fingerprint density at radius 1 is 1.56 bits per heavy atom. The summed E-state index contributed by atoms with van der Waals surface area (Å²) in [6, 6.07) is 4.37. The van der Waals surface area contributed by atoms with Crippen LogP contribution in [0.1, 0.15) is 19.8 Å². The molecule has 18 heavy (non-hydrogen) atoms. The van der Waals surface area contributed by atoms with Crippen LogP contribution in [-0.2, 0) is 4.74 Å². The van der Waals surface area contributed by atoms with E-state index in [0.717, 1.165) is 12.8 Å². The van der Waals surface area contributed by atoms with Crippen LogP contribution in [0.4, 0.5) is 16.2 Å². The zero-order valence-corrected chi connectivity index (χ0v) is 11.4. The van der Waals surface area contributed by atoms with Crippen LogP contribution in [0.15, 0.2) is 22.7 Å². The van der Waals surface area contributed by atoms with Crippen LogP contribution in [0.5, 0.6) is 0 Å². The molecule has 0 heterocycles. The largest absolute Gasteiger partial charge is 0.449 e. The van der Waals surface area contributed by atoms with Gasteiger partial charge in [0.25, 0.3) is 5.69 Å². The molecule has 98 valence electrons. The topological polar surface area (TPSA) is 81.5 Å². The molecule has 0 fully saturated rings. The number of nitro groups is 1. The summed E-state index contributed by atoms with van der Waals surface area (Å²) in [4.78, 5) is 21.6. The van der Waals surface area contributed by atoms with Crippen LogP contribution >= 0.6 is 15.9 Å². The van der Waals surface area contributed by atoms with E-state index in [1.165, 1.54) is 12.1 Å². The van der Waals surface area contributed by atoms with E-state index < -0.39 is 11.0 Å². The van der Waals surface area contributed by atoms with Gasteiger partial charge < -0.3 is 4.74 Å². The van der Waals surface area contributed by atoms with Gasteiger partial charge in [0.15, 0.2) is 0 Å². The minimum atomic E-state index is -0.686. The van der Waals surface area contributed by atoms with Crippen molar-refractivity contribution in [2.45, 2.75) is 19.8 Å². The summed E-state index contributed by atoms with van der Waals surface area (Å²) in [6.45, 7) is 2.27. The number of unbranched alkanes of at least 4 members (excludes halogenated alkanes) is 1. The zero-order chi connectivity index (χ0) is 13.5. The summed E-state index contributed by atoms with van der Waals surface area (Å²) in [7, 11) is 0. The van der Waals surface area contributed by atoms with Gasteiger partial charge in [-0.05, 0) is 18.6 Å². The highest BCUT2D eigenvalue weighted by Crippen LogP contribution is 2.27. The van der Waals surface area contributed by atoms with Crippen molar-refractivity contribution in [2.75, 3.05) is 11.9 Å². The summed E-state index contributed by atoms with van der Waals surface area (Å²) < 4.78 is 5.44.